The number of ether oxygens (including phenoxy) is 3. The Morgan fingerprint density at radius 2 is 1.65 bits per heavy atom. The molecule has 0 amide bonds. The van der Waals surface area contributed by atoms with Crippen molar-refractivity contribution in [1.29, 1.82) is 0 Å². The minimum absolute atomic E-state index is 0.0388. The molecule has 0 unspecified atom stereocenters. The molecule has 2 aromatic rings. The lowest BCUT2D eigenvalue weighted by Gasteiger charge is -2.30. The topological polar surface area (TPSA) is 132 Å². The number of hydrogen-bond donors (Lipinski definition) is 0. The number of aromatic nitrogens is 4. The number of rotatable bonds is 17. The average molecular weight is 715 g/mol. The summed E-state index contributed by atoms with van der Waals surface area (Å²) < 4.78 is 19.2. The Kier molecular flexibility index (Phi) is 16.5. The third-order valence-electron chi connectivity index (χ3n) is 9.02. The van der Waals surface area contributed by atoms with Gasteiger partial charge in [0.05, 0.1) is 5.92 Å². The molecule has 0 radical (unpaired) electrons. The van der Waals surface area contributed by atoms with Gasteiger partial charge in [0, 0.05) is 42.7 Å². The van der Waals surface area contributed by atoms with E-state index in [1.54, 1.807) is 13.0 Å². The highest BCUT2D eigenvalue weighted by atomic mass is 16.6. The third kappa shape index (κ3) is 13.2. The molecule has 0 N–H and O–H groups in total. The van der Waals surface area contributed by atoms with Gasteiger partial charge < -0.3 is 14.2 Å². The first-order valence-electron chi connectivity index (χ1n) is 17.9. The van der Waals surface area contributed by atoms with Crippen LogP contribution >= 0.6 is 0 Å². The van der Waals surface area contributed by atoms with Gasteiger partial charge in [-0.3, -0.25) is 4.79 Å². The minimum Gasteiger partial charge on any atom is -0.454 e. The van der Waals surface area contributed by atoms with Crippen LogP contribution in [0.1, 0.15) is 74.7 Å². The molecule has 2 aromatic heterocycles. The zero-order valence-corrected chi connectivity index (χ0v) is 31.7. The molecule has 3 heterocycles. The summed E-state index contributed by atoms with van der Waals surface area (Å²) in [4.78, 5) is 58.3. The molecule has 7 atom stereocenters. The number of carbonyl (C=O) groups is 4. The van der Waals surface area contributed by atoms with Crippen LogP contribution in [-0.2, 0) is 23.8 Å². The van der Waals surface area contributed by atoms with Gasteiger partial charge in [-0.15, -0.1) is 0 Å². The zero-order chi connectivity index (χ0) is 38.2. The lowest BCUT2D eigenvalue weighted by molar-refractivity contribution is -0.143. The van der Waals surface area contributed by atoms with Crippen molar-refractivity contribution >= 4 is 23.9 Å². The van der Waals surface area contributed by atoms with Crippen molar-refractivity contribution in [2.24, 2.45) is 29.6 Å². The van der Waals surface area contributed by atoms with Crippen molar-refractivity contribution in [3.05, 3.63) is 109 Å². The summed E-state index contributed by atoms with van der Waals surface area (Å²) in [6, 6.07) is 0. The Balaban J connectivity index is 1.62. The molecule has 0 bridgehead atoms. The van der Waals surface area contributed by atoms with Crippen molar-refractivity contribution in [2.75, 3.05) is 6.61 Å². The van der Waals surface area contributed by atoms with Gasteiger partial charge in [-0.05, 0) is 57.1 Å². The van der Waals surface area contributed by atoms with Crippen molar-refractivity contribution < 1.29 is 33.4 Å². The molecule has 280 valence electrons. The molecule has 0 aliphatic carbocycles. The highest BCUT2D eigenvalue weighted by molar-refractivity contribution is 5.85. The van der Waals surface area contributed by atoms with E-state index in [0.717, 1.165) is 24.0 Å². The van der Waals surface area contributed by atoms with E-state index >= 15 is 0 Å². The van der Waals surface area contributed by atoms with Crippen LogP contribution in [-0.4, -0.2) is 61.9 Å². The smallest absolute Gasteiger partial charge is 0.419 e. The lowest BCUT2D eigenvalue weighted by atomic mass is 9.82. The summed E-state index contributed by atoms with van der Waals surface area (Å²) in [5, 5.41) is 0. The minimum atomic E-state index is -0.717. The molecule has 11 heteroatoms. The van der Waals surface area contributed by atoms with Gasteiger partial charge in [0.2, 0.25) is 0 Å². The number of imidazole rings is 2. The normalized spacial score (nSPS) is 20.0. The van der Waals surface area contributed by atoms with Crippen molar-refractivity contribution in [1.82, 2.24) is 19.1 Å². The molecule has 0 aromatic carbocycles. The number of hydrogen-bond acceptors (Lipinski definition) is 9. The molecule has 11 nitrogen and oxygen atoms in total. The lowest BCUT2D eigenvalue weighted by Crippen LogP contribution is -2.38. The Morgan fingerprint density at radius 3 is 2.29 bits per heavy atom. The third-order valence-corrected chi connectivity index (χ3v) is 9.02. The molecule has 1 aliphatic rings. The highest BCUT2D eigenvalue weighted by Gasteiger charge is 2.34. The SMILES string of the molecule is CCC(=C/[C@H](C)C/C=C/C(C)=C/[C@@H](C)C(=O)[C@@H](C)[C@H](OC(=O)n1ccnc1)[C@@H](C)C/C(C)=C/COC(=O)n1ccnc1)/C=C/[C@@H]1OC(=O)C=C[C@@H]1C. The van der Waals surface area contributed by atoms with Gasteiger partial charge >= 0.3 is 18.2 Å². The second-order valence-corrected chi connectivity index (χ2v) is 13.7. The molecule has 3 rings (SSSR count). The number of cyclic esters (lactones) is 1. The quantitative estimate of drug-likeness (QED) is 0.0685. The summed E-state index contributed by atoms with van der Waals surface area (Å²) in [7, 11) is 0. The second-order valence-electron chi connectivity index (χ2n) is 13.7. The molecule has 52 heavy (non-hydrogen) atoms. The molecule has 1 aliphatic heterocycles. The Labute approximate surface area is 307 Å². The predicted molar refractivity (Wildman–Crippen MR) is 200 cm³/mol. The summed E-state index contributed by atoms with van der Waals surface area (Å²) in [5.41, 5.74) is 3.07. The number of nitrogens with zero attached hydrogens (tertiary/aromatic N) is 4. The molecular weight excluding hydrogens is 660 g/mol. The van der Waals surface area contributed by atoms with E-state index < -0.39 is 30.1 Å². The summed E-state index contributed by atoms with van der Waals surface area (Å²) in [5.74, 6) is -1.17. The van der Waals surface area contributed by atoms with Crippen molar-refractivity contribution in [3.8, 4) is 0 Å². The van der Waals surface area contributed by atoms with Crippen LogP contribution in [0.5, 0.6) is 0 Å². The number of ketones is 1. The Hall–Kier alpha value is -5.06. The van der Waals surface area contributed by atoms with Crippen molar-refractivity contribution in [3.63, 3.8) is 0 Å². The van der Waals surface area contributed by atoms with E-state index in [0.29, 0.717) is 6.42 Å². The van der Waals surface area contributed by atoms with Gasteiger partial charge in [0.1, 0.15) is 37.3 Å². The first-order valence-corrected chi connectivity index (χ1v) is 17.9. The van der Waals surface area contributed by atoms with Gasteiger partial charge in [-0.1, -0.05) is 94.7 Å². The maximum atomic E-state index is 13.8. The van der Waals surface area contributed by atoms with Crippen LogP contribution in [0.4, 0.5) is 9.59 Å². The van der Waals surface area contributed by atoms with E-state index in [2.05, 4.69) is 36.0 Å². The van der Waals surface area contributed by atoms with E-state index in [9.17, 15) is 19.2 Å². The van der Waals surface area contributed by atoms with Crippen molar-refractivity contribution in [2.45, 2.75) is 86.9 Å². The van der Waals surface area contributed by atoms with Gasteiger partial charge in [-0.2, -0.15) is 0 Å². The van der Waals surface area contributed by atoms with E-state index in [1.165, 1.54) is 58.2 Å². The molecule has 0 saturated carbocycles. The van der Waals surface area contributed by atoms with Crippen LogP contribution in [0.3, 0.4) is 0 Å². The number of esters is 1. The number of allylic oxidation sites excluding steroid dienone is 8. The second kappa shape index (κ2) is 20.7. The standard InChI is InChI=1S/C41H54N4O7/c1-9-35(14-15-36-31(5)13-16-37(46)51-36)25-29(3)12-10-11-28(2)23-32(6)38(47)34(8)39(52-41(49)45-21-19-43-27-45)33(7)24-30(4)17-22-50-40(48)44-20-18-42-26-44/h10-11,13-21,23,25-27,29,31-34,36,39H,9,12,22,24H2,1-8H3/b11-10+,15-14+,28-23+,30-17+,35-25-/t29-,31+,32-,33+,34-,36+,39-/m1/s1. The van der Waals surface area contributed by atoms with Gasteiger partial charge in [0.15, 0.2) is 0 Å². The molecular formula is C41H54N4O7. The Bertz CT molecular complexity index is 1660. The van der Waals surface area contributed by atoms with Crippen LogP contribution in [0.15, 0.2) is 109 Å². The fraction of sp³-hybridized carbons (Fsp3) is 0.463. The largest absolute Gasteiger partial charge is 0.454 e. The zero-order valence-electron chi connectivity index (χ0n) is 31.7. The van der Waals surface area contributed by atoms with Gasteiger partial charge in [0.25, 0.3) is 0 Å². The molecule has 0 spiro atoms. The maximum absolute atomic E-state index is 13.8. The first kappa shape index (κ1) is 41.4. The van der Waals surface area contributed by atoms with Crippen LogP contribution in [0.25, 0.3) is 0 Å². The van der Waals surface area contributed by atoms with E-state index in [4.69, 9.17) is 14.2 Å². The fourth-order valence-electron chi connectivity index (χ4n) is 6.02. The number of carbonyl (C=O) groups excluding carboxylic acids is 4. The summed E-state index contributed by atoms with van der Waals surface area (Å²) >= 11 is 0. The van der Waals surface area contributed by atoms with Crippen LogP contribution in [0.2, 0.25) is 0 Å². The van der Waals surface area contributed by atoms with Crippen LogP contribution < -0.4 is 0 Å². The first-order chi connectivity index (χ1) is 24.8. The maximum Gasteiger partial charge on any atom is 0.419 e. The summed E-state index contributed by atoms with van der Waals surface area (Å²) in [6.45, 7) is 15.8. The Morgan fingerprint density at radius 1 is 0.981 bits per heavy atom. The van der Waals surface area contributed by atoms with E-state index in [-0.39, 0.29) is 42.2 Å². The summed E-state index contributed by atoms with van der Waals surface area (Å²) in [6.07, 6.45) is 26.3. The monoisotopic (exact) mass is 714 g/mol. The van der Waals surface area contributed by atoms with Gasteiger partial charge in [-0.25, -0.2) is 33.5 Å². The van der Waals surface area contributed by atoms with E-state index in [1.807, 2.05) is 65.0 Å². The number of Topliss-reactive ketones (excluding diaryl/α,β-unsaturated/α-hetero) is 1. The predicted octanol–water partition coefficient (Wildman–Crippen LogP) is 8.47. The highest BCUT2D eigenvalue weighted by Crippen LogP contribution is 2.27. The molecule has 0 fully saturated rings. The van der Waals surface area contributed by atoms with Crippen LogP contribution in [0, 0.1) is 29.6 Å². The fourth-order valence-corrected chi connectivity index (χ4v) is 6.02. The molecule has 0 saturated heterocycles. The average Bonchev–Trinajstić information content (AvgIpc) is 3.85.